The van der Waals surface area contributed by atoms with Gasteiger partial charge in [-0.1, -0.05) is 48.5 Å². The number of carbonyl (C=O) groups is 2. The summed E-state index contributed by atoms with van der Waals surface area (Å²) < 4.78 is 40.6. The van der Waals surface area contributed by atoms with Crippen LogP contribution in [0.15, 0.2) is 71.6 Å². The topological polar surface area (TPSA) is 104 Å². The zero-order chi connectivity index (χ0) is 23.6. The molecule has 7 nitrogen and oxygen atoms in total. The lowest BCUT2D eigenvalue weighted by atomic mass is 10.0. The maximum absolute atomic E-state index is 13.6. The van der Waals surface area contributed by atoms with E-state index < -0.39 is 39.8 Å². The molecule has 0 bridgehead atoms. The second-order valence-electron chi connectivity index (χ2n) is 8.02. The molecular formula is C24H23FN2O5S. The highest BCUT2D eigenvalue weighted by Crippen LogP contribution is 2.27. The van der Waals surface area contributed by atoms with E-state index in [1.165, 1.54) is 12.1 Å². The van der Waals surface area contributed by atoms with E-state index in [1.54, 1.807) is 6.07 Å². The van der Waals surface area contributed by atoms with Gasteiger partial charge in [0.2, 0.25) is 15.9 Å². The van der Waals surface area contributed by atoms with Crippen molar-refractivity contribution in [2.75, 3.05) is 6.54 Å². The molecule has 0 aliphatic carbocycles. The Hall–Kier alpha value is -3.30. The van der Waals surface area contributed by atoms with Gasteiger partial charge in [-0.15, -0.1) is 0 Å². The van der Waals surface area contributed by atoms with Crippen molar-refractivity contribution in [2.45, 2.75) is 36.2 Å². The Morgan fingerprint density at radius 1 is 1.06 bits per heavy atom. The van der Waals surface area contributed by atoms with Crippen LogP contribution in [-0.4, -0.2) is 48.3 Å². The maximum Gasteiger partial charge on any atom is 0.326 e. The maximum atomic E-state index is 13.6. The van der Waals surface area contributed by atoms with Gasteiger partial charge in [0.25, 0.3) is 0 Å². The van der Waals surface area contributed by atoms with Crippen LogP contribution in [0.3, 0.4) is 0 Å². The minimum Gasteiger partial charge on any atom is -0.480 e. The molecule has 3 aromatic carbocycles. The summed E-state index contributed by atoms with van der Waals surface area (Å²) in [6, 6.07) is 15.5. The van der Waals surface area contributed by atoms with Crippen LogP contribution in [0.5, 0.6) is 0 Å². The van der Waals surface area contributed by atoms with E-state index in [0.29, 0.717) is 6.42 Å². The molecule has 172 valence electrons. The fourth-order valence-corrected chi connectivity index (χ4v) is 5.81. The molecule has 33 heavy (non-hydrogen) atoms. The number of carboxylic acid groups (broad SMARTS) is 1. The number of hydrogen-bond donors (Lipinski definition) is 2. The third-order valence-electron chi connectivity index (χ3n) is 5.78. The summed E-state index contributed by atoms with van der Waals surface area (Å²) in [4.78, 5) is 24.6. The summed E-state index contributed by atoms with van der Waals surface area (Å²) >= 11 is 0. The molecule has 0 unspecified atom stereocenters. The lowest BCUT2D eigenvalue weighted by molar-refractivity contribution is -0.142. The van der Waals surface area contributed by atoms with Gasteiger partial charge in [-0.3, -0.25) is 4.79 Å². The molecule has 9 heteroatoms. The van der Waals surface area contributed by atoms with E-state index in [0.717, 1.165) is 32.8 Å². The molecule has 1 aliphatic rings. The summed E-state index contributed by atoms with van der Waals surface area (Å²) in [5.74, 6) is -2.59. The summed E-state index contributed by atoms with van der Waals surface area (Å²) in [6.07, 6.45) is 0.743. The summed E-state index contributed by atoms with van der Waals surface area (Å²) in [5, 5.41) is 14.2. The number of hydrogen-bond acceptors (Lipinski definition) is 4. The fraction of sp³-hybridized carbons (Fsp3) is 0.250. The van der Waals surface area contributed by atoms with Crippen LogP contribution in [0.4, 0.5) is 4.39 Å². The van der Waals surface area contributed by atoms with Gasteiger partial charge < -0.3 is 10.4 Å². The molecule has 1 amide bonds. The number of halogens is 1. The smallest absolute Gasteiger partial charge is 0.326 e. The Morgan fingerprint density at radius 2 is 1.82 bits per heavy atom. The largest absolute Gasteiger partial charge is 0.480 e. The Kier molecular flexibility index (Phi) is 6.44. The molecule has 3 aromatic rings. The van der Waals surface area contributed by atoms with Gasteiger partial charge in [-0.05, 0) is 47.4 Å². The minimum absolute atomic E-state index is 0.0509. The van der Waals surface area contributed by atoms with Gasteiger partial charge in [0.05, 0.1) is 4.90 Å². The number of carboxylic acids is 1. The van der Waals surface area contributed by atoms with Crippen molar-refractivity contribution in [1.29, 1.82) is 0 Å². The van der Waals surface area contributed by atoms with E-state index in [-0.39, 0.29) is 24.3 Å². The first kappa shape index (κ1) is 22.9. The van der Waals surface area contributed by atoms with Crippen LogP contribution < -0.4 is 5.32 Å². The van der Waals surface area contributed by atoms with Gasteiger partial charge in [-0.25, -0.2) is 17.6 Å². The van der Waals surface area contributed by atoms with E-state index in [4.69, 9.17) is 0 Å². The number of benzene rings is 3. The lowest BCUT2D eigenvalue weighted by Crippen LogP contribution is -2.51. The van der Waals surface area contributed by atoms with E-state index in [9.17, 15) is 27.5 Å². The van der Waals surface area contributed by atoms with Crippen LogP contribution in [0.2, 0.25) is 0 Å². The predicted molar refractivity (Wildman–Crippen MR) is 121 cm³/mol. The second kappa shape index (κ2) is 9.29. The third kappa shape index (κ3) is 4.89. The average molecular weight is 471 g/mol. The van der Waals surface area contributed by atoms with E-state index >= 15 is 0 Å². The molecule has 1 fully saturated rings. The van der Waals surface area contributed by atoms with E-state index in [2.05, 4.69) is 5.32 Å². The zero-order valence-corrected chi connectivity index (χ0v) is 18.5. The number of nitrogens with zero attached hydrogens (tertiary/aromatic N) is 1. The van der Waals surface area contributed by atoms with Crippen LogP contribution in [-0.2, 0) is 26.0 Å². The van der Waals surface area contributed by atoms with Crippen LogP contribution >= 0.6 is 0 Å². The first-order valence-electron chi connectivity index (χ1n) is 10.5. The Labute approximate surface area is 190 Å². The molecule has 0 spiro atoms. The molecule has 2 atom stereocenters. The number of amides is 1. The van der Waals surface area contributed by atoms with Crippen LogP contribution in [0.25, 0.3) is 10.8 Å². The van der Waals surface area contributed by atoms with Crippen LogP contribution in [0, 0.1) is 5.82 Å². The van der Waals surface area contributed by atoms with Crippen molar-refractivity contribution in [1.82, 2.24) is 9.62 Å². The van der Waals surface area contributed by atoms with Crippen LogP contribution in [0.1, 0.15) is 18.4 Å². The van der Waals surface area contributed by atoms with Crippen molar-refractivity contribution in [3.05, 3.63) is 78.1 Å². The highest BCUT2D eigenvalue weighted by Gasteiger charge is 2.40. The number of rotatable bonds is 7. The lowest BCUT2D eigenvalue weighted by Gasteiger charge is -2.25. The Balaban J connectivity index is 1.52. The summed E-state index contributed by atoms with van der Waals surface area (Å²) in [6.45, 7) is 0.0966. The predicted octanol–water partition coefficient (Wildman–Crippen LogP) is 2.94. The van der Waals surface area contributed by atoms with Crippen molar-refractivity contribution < 1.29 is 27.5 Å². The normalized spacial score (nSPS) is 17.7. The van der Waals surface area contributed by atoms with Crippen molar-refractivity contribution in [3.8, 4) is 0 Å². The Bertz CT molecular complexity index is 1310. The number of aliphatic carboxylic acids is 1. The zero-order valence-electron chi connectivity index (χ0n) is 17.6. The molecule has 1 aliphatic heterocycles. The molecule has 0 radical (unpaired) electrons. The second-order valence-corrected chi connectivity index (χ2v) is 9.91. The van der Waals surface area contributed by atoms with Crippen molar-refractivity contribution >= 4 is 32.7 Å². The SMILES string of the molecule is O=C(O)[C@H](Cc1ccc2ccccc2c1)NC(=O)[C@@H]1CCCN1S(=O)(=O)c1cccc(F)c1. The number of fused-ring (bicyclic) bond motifs is 1. The first-order valence-corrected chi connectivity index (χ1v) is 12.0. The Morgan fingerprint density at radius 3 is 2.55 bits per heavy atom. The molecule has 0 aromatic heterocycles. The van der Waals surface area contributed by atoms with E-state index in [1.807, 2.05) is 36.4 Å². The average Bonchev–Trinajstić information content (AvgIpc) is 3.29. The van der Waals surface area contributed by atoms with Gasteiger partial charge in [0.15, 0.2) is 0 Å². The highest BCUT2D eigenvalue weighted by molar-refractivity contribution is 7.89. The number of carbonyl (C=O) groups excluding carboxylic acids is 1. The first-order chi connectivity index (χ1) is 15.8. The number of sulfonamides is 1. The highest BCUT2D eigenvalue weighted by atomic mass is 32.2. The van der Waals surface area contributed by atoms with Crippen molar-refractivity contribution in [2.24, 2.45) is 0 Å². The van der Waals surface area contributed by atoms with Gasteiger partial charge >= 0.3 is 5.97 Å². The summed E-state index contributed by atoms with van der Waals surface area (Å²) in [7, 11) is -4.11. The fourth-order valence-electron chi connectivity index (χ4n) is 4.12. The van der Waals surface area contributed by atoms with Crippen molar-refractivity contribution in [3.63, 3.8) is 0 Å². The standard InChI is InChI=1S/C24H23FN2O5S/c25-19-7-3-8-20(15-19)33(31,32)27-12-4-9-22(27)23(28)26-21(24(29)30)14-16-10-11-17-5-1-2-6-18(17)13-16/h1-3,5-8,10-11,13,15,21-22H,4,9,12,14H2,(H,26,28)(H,29,30)/t21-,22-/m0/s1. The minimum atomic E-state index is -4.11. The third-order valence-corrected chi connectivity index (χ3v) is 7.68. The van der Waals surface area contributed by atoms with Gasteiger partial charge in [0, 0.05) is 13.0 Å². The van der Waals surface area contributed by atoms with Gasteiger partial charge in [-0.2, -0.15) is 4.31 Å². The molecule has 1 heterocycles. The number of nitrogens with one attached hydrogen (secondary N) is 1. The molecule has 4 rings (SSSR count). The quantitative estimate of drug-likeness (QED) is 0.553. The van der Waals surface area contributed by atoms with Gasteiger partial charge in [0.1, 0.15) is 17.9 Å². The monoisotopic (exact) mass is 470 g/mol. The molecular weight excluding hydrogens is 447 g/mol. The molecule has 0 saturated carbocycles. The molecule has 1 saturated heterocycles. The summed E-state index contributed by atoms with van der Waals surface area (Å²) in [5.41, 5.74) is 0.733. The molecule has 2 N–H and O–H groups in total.